The predicted octanol–water partition coefficient (Wildman–Crippen LogP) is 15.3. The number of esters is 1. The molecule has 0 aromatic rings. The molecule has 0 spiro atoms. The number of ether oxygens (including phenoxy) is 2. The number of hydrogen-bond donors (Lipinski definition) is 0. The fraction of sp³-hybridized carbons (Fsp3) is 0.904. The number of carbonyl (C=O) groups is 1. The van der Waals surface area contributed by atoms with Gasteiger partial charge in [-0.15, -0.1) is 0 Å². The maximum atomic E-state index is 12.7. The van der Waals surface area contributed by atoms with Crippen LogP contribution in [-0.4, -0.2) is 70.7 Å². The third-order valence-electron chi connectivity index (χ3n) is 11.5. The summed E-state index contributed by atoms with van der Waals surface area (Å²) in [6.45, 7) is 5.43. The molecule has 0 saturated carbocycles. The summed E-state index contributed by atoms with van der Waals surface area (Å²) in [6, 6.07) is 0. The molecule has 0 saturated heterocycles. The highest BCUT2D eigenvalue weighted by Gasteiger charge is 2.20. The van der Waals surface area contributed by atoms with E-state index in [1.54, 1.807) is 0 Å². The Morgan fingerprint density at radius 2 is 0.852 bits per heavy atom. The van der Waals surface area contributed by atoms with Crippen LogP contribution in [0.4, 0.5) is 0 Å². The second-order valence-electron chi connectivity index (χ2n) is 18.9. The van der Waals surface area contributed by atoms with Crippen LogP contribution in [0.2, 0.25) is 0 Å². The molecule has 0 bridgehead atoms. The Balaban J connectivity index is 4.10. The summed E-state index contributed by atoms with van der Waals surface area (Å²) >= 11 is 0. The summed E-state index contributed by atoms with van der Waals surface area (Å²) in [5, 5.41) is 0. The molecule has 0 heterocycles. The third kappa shape index (κ3) is 49.8. The predicted molar refractivity (Wildman–Crippen MR) is 259 cm³/mol. The molecule has 0 rings (SSSR count). The van der Waals surface area contributed by atoms with Crippen molar-refractivity contribution in [2.24, 2.45) is 0 Å². The maximum absolute atomic E-state index is 12.7. The van der Waals surface area contributed by atoms with Crippen LogP contribution < -0.4 is 4.89 Å². The van der Waals surface area contributed by atoms with Gasteiger partial charge in [0.15, 0.2) is 0 Å². The van der Waals surface area contributed by atoms with E-state index in [0.717, 1.165) is 32.1 Å². The number of phosphoric ester groups is 1. The van der Waals surface area contributed by atoms with Crippen molar-refractivity contribution in [2.45, 2.75) is 251 Å². The van der Waals surface area contributed by atoms with Gasteiger partial charge in [-0.1, -0.05) is 199 Å². The molecular formula is C52H102NO7P. The van der Waals surface area contributed by atoms with Crippen LogP contribution in [0.15, 0.2) is 24.3 Å². The minimum atomic E-state index is -4.53. The SMILES string of the molecule is CCCCCCCC/C=C\CCCCCCCCOCC(COP(=O)([O-])OCC[N+](C)(C)C)OC(=O)CCCCCCCCCCCCC/C=C\CCCCCCCCCC. The van der Waals surface area contributed by atoms with Crippen LogP contribution in [0.25, 0.3) is 0 Å². The highest BCUT2D eigenvalue weighted by Crippen LogP contribution is 2.38. The van der Waals surface area contributed by atoms with Gasteiger partial charge >= 0.3 is 5.97 Å². The number of hydrogen-bond acceptors (Lipinski definition) is 7. The first-order valence-electron chi connectivity index (χ1n) is 26.1. The molecule has 0 N–H and O–H groups in total. The van der Waals surface area contributed by atoms with Crippen LogP contribution >= 0.6 is 7.82 Å². The number of allylic oxidation sites excluding steroid dienone is 4. The van der Waals surface area contributed by atoms with Crippen LogP contribution in [0, 0.1) is 0 Å². The average molecular weight is 884 g/mol. The second-order valence-corrected chi connectivity index (χ2v) is 20.3. The lowest BCUT2D eigenvalue weighted by molar-refractivity contribution is -0.870. The smallest absolute Gasteiger partial charge is 0.306 e. The van der Waals surface area contributed by atoms with Crippen molar-refractivity contribution in [1.82, 2.24) is 0 Å². The molecule has 0 amide bonds. The second kappa shape index (κ2) is 45.5. The molecule has 2 atom stereocenters. The molecule has 9 heteroatoms. The molecule has 2 unspecified atom stereocenters. The summed E-state index contributed by atoms with van der Waals surface area (Å²) in [5.41, 5.74) is 0. The number of nitrogens with zero attached hydrogens (tertiary/aromatic N) is 1. The van der Waals surface area contributed by atoms with Crippen molar-refractivity contribution in [3.8, 4) is 0 Å². The summed E-state index contributed by atoms with van der Waals surface area (Å²) in [5.74, 6) is -0.333. The van der Waals surface area contributed by atoms with E-state index in [-0.39, 0.29) is 25.8 Å². The van der Waals surface area contributed by atoms with Gasteiger partial charge < -0.3 is 27.9 Å². The van der Waals surface area contributed by atoms with Gasteiger partial charge in [-0.05, 0) is 64.2 Å². The zero-order valence-corrected chi connectivity index (χ0v) is 42.0. The van der Waals surface area contributed by atoms with E-state index in [1.807, 2.05) is 21.1 Å². The standard InChI is InChI=1S/C52H102NO7P/c1-6-8-10-12-14-16-18-20-22-24-25-26-27-28-29-30-31-33-35-37-39-41-43-45-52(54)60-51(50-59-61(55,56)58-48-46-53(3,4)5)49-57-47-44-42-40-38-36-34-32-23-21-19-17-15-13-11-9-7-2/h21,23-25,51H,6-20,22,26-50H2,1-5H3/b23-21-,25-24-. The quantitative estimate of drug-likeness (QED) is 0.0197. The lowest BCUT2D eigenvalue weighted by Gasteiger charge is -2.28. The van der Waals surface area contributed by atoms with Crippen molar-refractivity contribution in [3.05, 3.63) is 24.3 Å². The molecule has 0 aliphatic rings. The van der Waals surface area contributed by atoms with Gasteiger partial charge in [0.25, 0.3) is 7.82 Å². The lowest BCUT2D eigenvalue weighted by atomic mass is 10.0. The number of rotatable bonds is 49. The minimum Gasteiger partial charge on any atom is -0.756 e. The van der Waals surface area contributed by atoms with E-state index >= 15 is 0 Å². The highest BCUT2D eigenvalue weighted by molar-refractivity contribution is 7.45. The first-order chi connectivity index (χ1) is 29.6. The van der Waals surface area contributed by atoms with Crippen molar-refractivity contribution in [3.63, 3.8) is 0 Å². The van der Waals surface area contributed by atoms with Gasteiger partial charge in [-0.3, -0.25) is 9.36 Å². The van der Waals surface area contributed by atoms with Crippen molar-refractivity contribution >= 4 is 13.8 Å². The van der Waals surface area contributed by atoms with Crippen LogP contribution in [0.1, 0.15) is 245 Å². The Morgan fingerprint density at radius 3 is 1.25 bits per heavy atom. The molecule has 0 aromatic carbocycles. The zero-order valence-electron chi connectivity index (χ0n) is 41.1. The minimum absolute atomic E-state index is 0.0265. The summed E-state index contributed by atoms with van der Waals surface area (Å²) < 4.78 is 34.7. The number of likely N-dealkylation sites (N-methyl/N-ethyl adjacent to an activating group) is 1. The molecule has 362 valence electrons. The number of phosphoric acid groups is 1. The van der Waals surface area contributed by atoms with Gasteiger partial charge in [-0.25, -0.2) is 0 Å². The lowest BCUT2D eigenvalue weighted by Crippen LogP contribution is -2.37. The molecular weight excluding hydrogens is 782 g/mol. The maximum Gasteiger partial charge on any atom is 0.306 e. The van der Waals surface area contributed by atoms with E-state index in [9.17, 15) is 14.3 Å². The molecule has 0 fully saturated rings. The number of quaternary nitrogens is 1. The molecule has 0 aliphatic carbocycles. The molecule has 0 aliphatic heterocycles. The Morgan fingerprint density at radius 1 is 0.492 bits per heavy atom. The van der Waals surface area contributed by atoms with Gasteiger partial charge in [0, 0.05) is 13.0 Å². The Hall–Kier alpha value is -1.02. The average Bonchev–Trinajstić information content (AvgIpc) is 3.22. The monoisotopic (exact) mass is 884 g/mol. The zero-order chi connectivity index (χ0) is 44.8. The normalized spacial score (nSPS) is 13.7. The number of carbonyl (C=O) groups excluding carboxylic acids is 1. The van der Waals surface area contributed by atoms with Gasteiger partial charge in [-0.2, -0.15) is 0 Å². The Bertz CT molecular complexity index is 1030. The van der Waals surface area contributed by atoms with Gasteiger partial charge in [0.2, 0.25) is 0 Å². The van der Waals surface area contributed by atoms with Crippen molar-refractivity contribution < 1.29 is 37.3 Å². The van der Waals surface area contributed by atoms with E-state index in [0.29, 0.717) is 24.1 Å². The Labute approximate surface area is 379 Å². The van der Waals surface area contributed by atoms with Crippen LogP contribution in [-0.2, 0) is 27.9 Å². The summed E-state index contributed by atoms with van der Waals surface area (Å²) in [6.07, 6.45) is 53.4. The van der Waals surface area contributed by atoms with Gasteiger partial charge in [0.1, 0.15) is 19.3 Å². The van der Waals surface area contributed by atoms with Gasteiger partial charge in [0.05, 0.1) is 34.4 Å². The summed E-state index contributed by atoms with van der Waals surface area (Å²) in [7, 11) is 1.36. The topological polar surface area (TPSA) is 94.1 Å². The Kier molecular flexibility index (Phi) is 44.8. The molecule has 61 heavy (non-hydrogen) atoms. The highest BCUT2D eigenvalue weighted by atomic mass is 31.2. The number of unbranched alkanes of at least 4 members (excludes halogenated alkanes) is 31. The summed E-state index contributed by atoms with van der Waals surface area (Å²) in [4.78, 5) is 25.2. The van der Waals surface area contributed by atoms with E-state index in [2.05, 4.69) is 38.2 Å². The van der Waals surface area contributed by atoms with Crippen LogP contribution in [0.5, 0.6) is 0 Å². The first-order valence-corrected chi connectivity index (χ1v) is 27.5. The van der Waals surface area contributed by atoms with E-state index < -0.39 is 13.9 Å². The van der Waals surface area contributed by atoms with Crippen molar-refractivity contribution in [1.29, 1.82) is 0 Å². The molecule has 8 nitrogen and oxygen atoms in total. The van der Waals surface area contributed by atoms with Crippen LogP contribution in [0.3, 0.4) is 0 Å². The largest absolute Gasteiger partial charge is 0.756 e. The fourth-order valence-corrected chi connectivity index (χ4v) is 8.15. The molecule has 0 aromatic heterocycles. The first kappa shape index (κ1) is 60.0. The third-order valence-corrected chi connectivity index (χ3v) is 12.4. The van der Waals surface area contributed by atoms with E-state index in [4.69, 9.17) is 18.5 Å². The fourth-order valence-electron chi connectivity index (χ4n) is 7.42. The van der Waals surface area contributed by atoms with E-state index in [1.165, 1.54) is 193 Å². The molecule has 0 radical (unpaired) electrons. The van der Waals surface area contributed by atoms with Crippen molar-refractivity contribution in [2.75, 3.05) is 54.1 Å².